The fourth-order valence-electron chi connectivity index (χ4n) is 2.23. The van der Waals surface area contributed by atoms with Crippen LogP contribution in [0.25, 0.3) is 0 Å². The van der Waals surface area contributed by atoms with Gasteiger partial charge in [0, 0.05) is 10.5 Å². The highest BCUT2D eigenvalue weighted by atomic mass is 79.9. The number of fused-ring (bicyclic) bond motifs is 1. The molecule has 1 aliphatic carbocycles. The molecule has 1 fully saturated rings. The summed E-state index contributed by atoms with van der Waals surface area (Å²) in [5.74, 6) is 0. The van der Waals surface area contributed by atoms with Gasteiger partial charge < -0.3 is 4.90 Å². The number of halogens is 4. The standard InChI is InChI=1S/C11H10BrF3N2O2S/c12-8-4-9-10(3-7(8)11(13,14)15)20(18,19)16-5-17(9)6-1-2-6/h3-4,6,16H,1-2,5H2. The number of hydrogen-bond donors (Lipinski definition) is 1. The average Bonchev–Trinajstić information content (AvgIpc) is 3.10. The predicted molar refractivity (Wildman–Crippen MR) is 69.8 cm³/mol. The van der Waals surface area contributed by atoms with Gasteiger partial charge in [0.15, 0.2) is 0 Å². The van der Waals surface area contributed by atoms with E-state index in [1.54, 1.807) is 4.90 Å². The van der Waals surface area contributed by atoms with Crippen molar-refractivity contribution in [3.05, 3.63) is 22.2 Å². The smallest absolute Gasteiger partial charge is 0.354 e. The lowest BCUT2D eigenvalue weighted by Crippen LogP contribution is -2.44. The van der Waals surface area contributed by atoms with Crippen LogP contribution in [-0.4, -0.2) is 21.1 Å². The highest BCUT2D eigenvalue weighted by molar-refractivity contribution is 9.10. The molecule has 1 aromatic rings. The second-order valence-electron chi connectivity index (χ2n) is 4.80. The molecule has 1 aliphatic heterocycles. The zero-order valence-corrected chi connectivity index (χ0v) is 12.4. The van der Waals surface area contributed by atoms with Crippen molar-refractivity contribution >= 4 is 31.6 Å². The van der Waals surface area contributed by atoms with E-state index in [1.165, 1.54) is 6.07 Å². The van der Waals surface area contributed by atoms with Crippen LogP contribution >= 0.6 is 15.9 Å². The Balaban J connectivity index is 2.21. The van der Waals surface area contributed by atoms with E-state index in [1.807, 2.05) is 0 Å². The van der Waals surface area contributed by atoms with E-state index in [0.717, 1.165) is 12.8 Å². The summed E-state index contributed by atoms with van der Waals surface area (Å²) in [5, 5.41) is 0. The van der Waals surface area contributed by atoms with Crippen LogP contribution in [0.1, 0.15) is 18.4 Å². The second kappa shape index (κ2) is 4.35. The molecule has 9 heteroatoms. The Morgan fingerprint density at radius 2 is 1.95 bits per heavy atom. The molecular formula is C11H10BrF3N2O2S. The summed E-state index contributed by atoms with van der Waals surface area (Å²) >= 11 is 2.88. The third kappa shape index (κ3) is 2.31. The molecule has 1 heterocycles. The first-order valence-corrected chi connectivity index (χ1v) is 8.15. The topological polar surface area (TPSA) is 49.4 Å². The molecule has 4 nitrogen and oxygen atoms in total. The fraction of sp³-hybridized carbons (Fsp3) is 0.455. The highest BCUT2D eigenvalue weighted by Gasteiger charge is 2.40. The first-order valence-electron chi connectivity index (χ1n) is 5.87. The van der Waals surface area contributed by atoms with Crippen molar-refractivity contribution < 1.29 is 21.6 Å². The van der Waals surface area contributed by atoms with Gasteiger partial charge in [0.05, 0.1) is 17.9 Å². The fourth-order valence-corrected chi connectivity index (χ4v) is 3.97. The first kappa shape index (κ1) is 14.2. The predicted octanol–water partition coefficient (Wildman–Crippen LogP) is 2.69. The van der Waals surface area contributed by atoms with Crippen LogP contribution in [-0.2, 0) is 16.2 Å². The van der Waals surface area contributed by atoms with Gasteiger partial charge in [-0.05, 0) is 25.0 Å². The lowest BCUT2D eigenvalue weighted by Gasteiger charge is -2.32. The van der Waals surface area contributed by atoms with Crippen LogP contribution in [0.2, 0.25) is 0 Å². The molecule has 0 aromatic heterocycles. The van der Waals surface area contributed by atoms with Gasteiger partial charge in [-0.25, -0.2) is 8.42 Å². The zero-order chi connectivity index (χ0) is 14.7. The van der Waals surface area contributed by atoms with Gasteiger partial charge in [-0.3, -0.25) is 0 Å². The maximum atomic E-state index is 12.9. The summed E-state index contributed by atoms with van der Waals surface area (Å²) in [6.45, 7) is 0.0950. The van der Waals surface area contributed by atoms with Gasteiger partial charge in [-0.2, -0.15) is 17.9 Å². The molecule has 1 N–H and O–H groups in total. The minimum atomic E-state index is -4.61. The molecular weight excluding hydrogens is 361 g/mol. The first-order chi connectivity index (χ1) is 9.20. The van der Waals surface area contributed by atoms with Gasteiger partial charge in [0.25, 0.3) is 0 Å². The van der Waals surface area contributed by atoms with E-state index in [4.69, 9.17) is 0 Å². The summed E-state index contributed by atoms with van der Waals surface area (Å²) in [5.41, 5.74) is -0.662. The molecule has 1 aromatic carbocycles. The Morgan fingerprint density at radius 1 is 1.30 bits per heavy atom. The lowest BCUT2D eigenvalue weighted by atomic mass is 10.2. The Morgan fingerprint density at radius 3 is 2.50 bits per heavy atom. The van der Waals surface area contributed by atoms with Crippen molar-refractivity contribution in [3.63, 3.8) is 0 Å². The molecule has 0 spiro atoms. The van der Waals surface area contributed by atoms with Crippen molar-refractivity contribution in [2.45, 2.75) is 30.0 Å². The molecule has 2 aliphatic rings. The molecule has 0 bridgehead atoms. The van der Waals surface area contributed by atoms with Crippen LogP contribution < -0.4 is 9.62 Å². The number of benzene rings is 1. The van der Waals surface area contributed by atoms with Gasteiger partial charge in [-0.1, -0.05) is 15.9 Å². The van der Waals surface area contributed by atoms with Crippen molar-refractivity contribution in [1.29, 1.82) is 0 Å². The molecule has 0 saturated heterocycles. The van der Waals surface area contributed by atoms with Crippen molar-refractivity contribution in [3.8, 4) is 0 Å². The number of rotatable bonds is 1. The molecule has 20 heavy (non-hydrogen) atoms. The summed E-state index contributed by atoms with van der Waals surface area (Å²) in [7, 11) is -3.89. The molecule has 0 amide bonds. The Labute approximate surface area is 122 Å². The van der Waals surface area contributed by atoms with E-state index >= 15 is 0 Å². The second-order valence-corrected chi connectivity index (χ2v) is 7.39. The summed E-state index contributed by atoms with van der Waals surface area (Å²) in [4.78, 5) is 1.48. The van der Waals surface area contributed by atoms with Gasteiger partial charge in [-0.15, -0.1) is 0 Å². The SMILES string of the molecule is O=S1(=O)NCN(C2CC2)c2cc(Br)c(C(F)(F)F)cc21. The Bertz CT molecular complexity index is 671. The van der Waals surface area contributed by atoms with Crippen LogP contribution in [0, 0.1) is 0 Å². The van der Waals surface area contributed by atoms with E-state index in [9.17, 15) is 21.6 Å². The van der Waals surface area contributed by atoms with Crippen molar-refractivity contribution in [2.75, 3.05) is 11.6 Å². The molecule has 110 valence electrons. The van der Waals surface area contributed by atoms with Crippen LogP contribution in [0.4, 0.5) is 18.9 Å². The minimum Gasteiger partial charge on any atom is -0.354 e. The number of sulfonamides is 1. The van der Waals surface area contributed by atoms with Crippen LogP contribution in [0.15, 0.2) is 21.5 Å². The summed E-state index contributed by atoms with van der Waals surface area (Å²) in [6, 6.07) is 2.13. The largest absolute Gasteiger partial charge is 0.417 e. The highest BCUT2D eigenvalue weighted by Crippen LogP contribution is 2.43. The number of hydrogen-bond acceptors (Lipinski definition) is 3. The monoisotopic (exact) mass is 370 g/mol. The lowest BCUT2D eigenvalue weighted by molar-refractivity contribution is -0.138. The van der Waals surface area contributed by atoms with Crippen molar-refractivity contribution in [2.24, 2.45) is 0 Å². The molecule has 0 unspecified atom stereocenters. The summed E-state index contributed by atoms with van der Waals surface area (Å²) < 4.78 is 64.7. The normalized spacial score (nSPS) is 21.7. The summed E-state index contributed by atoms with van der Waals surface area (Å²) in [6.07, 6.45) is -2.77. The van der Waals surface area contributed by atoms with Crippen LogP contribution in [0.3, 0.4) is 0 Å². The molecule has 3 rings (SSSR count). The average molecular weight is 371 g/mol. The minimum absolute atomic E-state index is 0.0950. The van der Waals surface area contributed by atoms with E-state index in [0.29, 0.717) is 11.8 Å². The number of alkyl halides is 3. The molecule has 0 radical (unpaired) electrons. The van der Waals surface area contributed by atoms with E-state index < -0.39 is 21.8 Å². The zero-order valence-electron chi connectivity index (χ0n) is 10.0. The molecule has 0 atom stereocenters. The number of nitrogens with zero attached hydrogens (tertiary/aromatic N) is 1. The van der Waals surface area contributed by atoms with E-state index in [2.05, 4.69) is 20.7 Å². The number of nitrogens with one attached hydrogen (secondary N) is 1. The van der Waals surface area contributed by atoms with E-state index in [-0.39, 0.29) is 22.1 Å². The van der Waals surface area contributed by atoms with Gasteiger partial charge in [0.1, 0.15) is 4.90 Å². The molecule has 1 saturated carbocycles. The quantitative estimate of drug-likeness (QED) is 0.826. The number of anilines is 1. The third-order valence-corrected chi connectivity index (χ3v) is 5.44. The maximum Gasteiger partial charge on any atom is 0.417 e. The third-order valence-electron chi connectivity index (χ3n) is 3.37. The maximum absolute atomic E-state index is 12.9. The van der Waals surface area contributed by atoms with Gasteiger partial charge >= 0.3 is 6.18 Å². The Hall–Kier alpha value is -0.800. The Kier molecular flexibility index (Phi) is 3.07. The van der Waals surface area contributed by atoms with Crippen molar-refractivity contribution in [1.82, 2.24) is 4.72 Å². The van der Waals surface area contributed by atoms with Gasteiger partial charge in [0.2, 0.25) is 10.0 Å². The van der Waals surface area contributed by atoms with Crippen LogP contribution in [0.5, 0.6) is 0 Å².